The fourth-order valence-electron chi connectivity index (χ4n) is 1.99. The van der Waals surface area contributed by atoms with Crippen LogP contribution >= 0.6 is 24.0 Å². The lowest BCUT2D eigenvalue weighted by atomic mass is 9.80. The molecule has 0 heterocycles. The molecular formula is C17H23IN2O4. The van der Waals surface area contributed by atoms with Crippen LogP contribution in [-0.4, -0.2) is 28.7 Å². The van der Waals surface area contributed by atoms with E-state index in [9.17, 15) is 9.59 Å². The smallest absolute Gasteiger partial charge is 0.331 e. The van der Waals surface area contributed by atoms with Gasteiger partial charge in [0.15, 0.2) is 0 Å². The van der Waals surface area contributed by atoms with E-state index in [4.69, 9.17) is 16.1 Å². The van der Waals surface area contributed by atoms with Crippen molar-refractivity contribution < 1.29 is 19.8 Å². The second-order valence-corrected chi connectivity index (χ2v) is 5.38. The predicted octanol–water partition coefficient (Wildman–Crippen LogP) is 3.05. The summed E-state index contributed by atoms with van der Waals surface area (Å²) in [4.78, 5) is 21.3. The number of carboxylic acid groups (broad SMARTS) is 2. The van der Waals surface area contributed by atoms with Crippen LogP contribution in [0.5, 0.6) is 0 Å². The first-order valence-electron chi connectivity index (χ1n) is 7.22. The molecule has 2 rings (SSSR count). The highest BCUT2D eigenvalue weighted by molar-refractivity contribution is 14.0. The Morgan fingerprint density at radius 3 is 2.29 bits per heavy atom. The van der Waals surface area contributed by atoms with Crippen molar-refractivity contribution in [3.63, 3.8) is 0 Å². The number of allylic oxidation sites excluding steroid dienone is 2. The van der Waals surface area contributed by atoms with Crippen molar-refractivity contribution in [3.8, 4) is 0 Å². The zero-order valence-electron chi connectivity index (χ0n) is 13.7. The van der Waals surface area contributed by atoms with Gasteiger partial charge in [-0.25, -0.2) is 10.6 Å². The third-order valence-corrected chi connectivity index (χ3v) is 3.51. The zero-order valence-corrected chi connectivity index (χ0v) is 16.0. The Balaban J connectivity index is 0.000000436. The summed E-state index contributed by atoms with van der Waals surface area (Å²) in [5.74, 6) is 3.57. The summed E-state index contributed by atoms with van der Waals surface area (Å²) < 4.78 is 0. The number of nitrogens with two attached hydrogens (primary N) is 1. The Labute approximate surface area is 158 Å². The van der Waals surface area contributed by atoms with E-state index in [2.05, 4.69) is 0 Å². The Morgan fingerprint density at radius 2 is 1.83 bits per heavy atom. The molecule has 0 saturated heterocycles. The van der Waals surface area contributed by atoms with Gasteiger partial charge in [-0.2, -0.15) is 0 Å². The van der Waals surface area contributed by atoms with Crippen molar-refractivity contribution in [2.24, 2.45) is 11.3 Å². The molecule has 1 aromatic carbocycles. The number of benzene rings is 1. The lowest BCUT2D eigenvalue weighted by molar-refractivity contribution is -0.145. The van der Waals surface area contributed by atoms with E-state index in [0.29, 0.717) is 0 Å². The lowest BCUT2D eigenvalue weighted by Crippen LogP contribution is -2.29. The van der Waals surface area contributed by atoms with E-state index in [1.165, 1.54) is 25.2 Å². The number of hydrazine groups is 1. The molecule has 0 aliphatic heterocycles. The molecule has 6 nitrogen and oxygen atoms in total. The first-order chi connectivity index (χ1) is 10.8. The second-order valence-electron chi connectivity index (χ2n) is 5.38. The number of hydrogen-bond acceptors (Lipinski definition) is 4. The largest absolute Gasteiger partial charge is 0.481 e. The molecule has 7 heteroatoms. The van der Waals surface area contributed by atoms with Gasteiger partial charge in [-0.3, -0.25) is 4.79 Å². The van der Waals surface area contributed by atoms with E-state index < -0.39 is 17.4 Å². The van der Waals surface area contributed by atoms with Crippen LogP contribution in [0.25, 0.3) is 0 Å². The average molecular weight is 446 g/mol. The first-order valence-corrected chi connectivity index (χ1v) is 7.22. The number of aliphatic carboxylic acids is 2. The van der Waals surface area contributed by atoms with Gasteiger partial charge in [0.25, 0.3) is 0 Å². The third kappa shape index (κ3) is 6.32. The summed E-state index contributed by atoms with van der Waals surface area (Å²) in [7, 11) is 0. The Hall–Kier alpha value is -1.87. The van der Waals surface area contributed by atoms with Gasteiger partial charge in [0.1, 0.15) is 0 Å². The minimum atomic E-state index is -1.08. The van der Waals surface area contributed by atoms with Crippen LogP contribution < -0.4 is 10.9 Å². The van der Waals surface area contributed by atoms with Crippen molar-refractivity contribution in [1.82, 2.24) is 0 Å². The number of carbonyl (C=O) groups is 2. The summed E-state index contributed by atoms with van der Waals surface area (Å²) >= 11 is 0. The van der Waals surface area contributed by atoms with Crippen LogP contribution in [0.4, 0.5) is 5.69 Å². The normalized spacial score (nSPS) is 18.4. The summed E-state index contributed by atoms with van der Waals surface area (Å²) in [6.07, 6.45) is 4.43. The van der Waals surface area contributed by atoms with Crippen molar-refractivity contribution >= 4 is 41.6 Å². The molecule has 0 saturated carbocycles. The molecule has 0 spiro atoms. The minimum absolute atomic E-state index is 0. The van der Waals surface area contributed by atoms with E-state index in [0.717, 1.165) is 12.2 Å². The maximum atomic E-state index is 10.8. The summed E-state index contributed by atoms with van der Waals surface area (Å²) in [6, 6.07) is 9.91. The molecule has 0 fully saturated rings. The van der Waals surface area contributed by atoms with Crippen molar-refractivity contribution in [2.45, 2.75) is 20.3 Å². The average Bonchev–Trinajstić information content (AvgIpc) is 2.55. The van der Waals surface area contributed by atoms with Crippen LogP contribution in [0, 0.1) is 5.41 Å². The highest BCUT2D eigenvalue weighted by Gasteiger charge is 2.34. The molecule has 1 atom stereocenters. The van der Waals surface area contributed by atoms with Crippen molar-refractivity contribution in [3.05, 3.63) is 54.1 Å². The number of carboxylic acids is 2. The monoisotopic (exact) mass is 446 g/mol. The van der Waals surface area contributed by atoms with E-state index in [1.54, 1.807) is 5.01 Å². The third-order valence-electron chi connectivity index (χ3n) is 3.51. The highest BCUT2D eigenvalue weighted by atomic mass is 127. The lowest BCUT2D eigenvalue weighted by Gasteiger charge is -2.23. The van der Waals surface area contributed by atoms with E-state index in [-0.39, 0.29) is 36.0 Å². The van der Waals surface area contributed by atoms with Crippen molar-refractivity contribution in [2.75, 3.05) is 11.6 Å². The number of para-hydroxylation sites is 1. The first kappa shape index (κ1) is 22.1. The molecule has 1 aliphatic rings. The van der Waals surface area contributed by atoms with Crippen LogP contribution in [-0.2, 0) is 9.59 Å². The van der Waals surface area contributed by atoms with Gasteiger partial charge in [-0.15, -0.1) is 24.0 Å². The zero-order chi connectivity index (χ0) is 17.5. The molecule has 4 N–H and O–H groups in total. The predicted molar refractivity (Wildman–Crippen MR) is 104 cm³/mol. The molecule has 0 aromatic heterocycles. The number of rotatable bonds is 4. The number of halogens is 1. The van der Waals surface area contributed by atoms with Crippen LogP contribution in [0.3, 0.4) is 0 Å². The summed E-state index contributed by atoms with van der Waals surface area (Å²) in [5, 5.41) is 19.2. The molecule has 0 bridgehead atoms. The summed E-state index contributed by atoms with van der Waals surface area (Å²) in [5.41, 5.74) is 0.111. The molecule has 24 heavy (non-hydrogen) atoms. The van der Waals surface area contributed by atoms with Gasteiger partial charge in [0.2, 0.25) is 0 Å². The van der Waals surface area contributed by atoms with Crippen LogP contribution in [0.2, 0.25) is 0 Å². The Bertz CT molecular complexity index is 616. The van der Waals surface area contributed by atoms with Gasteiger partial charge >= 0.3 is 11.9 Å². The molecular weight excluding hydrogens is 423 g/mol. The topological polar surface area (TPSA) is 104 Å². The Kier molecular flexibility index (Phi) is 9.30. The van der Waals surface area contributed by atoms with Crippen molar-refractivity contribution in [1.29, 1.82) is 0 Å². The number of nitrogens with zero attached hydrogens (tertiary/aromatic N) is 1. The van der Waals surface area contributed by atoms with Gasteiger partial charge < -0.3 is 15.2 Å². The maximum Gasteiger partial charge on any atom is 0.331 e. The van der Waals surface area contributed by atoms with E-state index in [1.807, 2.05) is 37.3 Å². The second kappa shape index (κ2) is 10.1. The fraction of sp³-hybridized carbons (Fsp3) is 0.294. The highest BCUT2D eigenvalue weighted by Crippen LogP contribution is 2.31. The fourth-order valence-corrected chi connectivity index (χ4v) is 1.99. The number of hydrogen-bond donors (Lipinski definition) is 3. The van der Waals surface area contributed by atoms with Gasteiger partial charge in [0.05, 0.1) is 11.1 Å². The Morgan fingerprint density at radius 1 is 1.25 bits per heavy atom. The molecule has 1 aromatic rings. The van der Waals surface area contributed by atoms with Gasteiger partial charge in [-0.1, -0.05) is 36.4 Å². The van der Waals surface area contributed by atoms with Gasteiger partial charge in [-0.05, 0) is 32.4 Å². The number of anilines is 1. The summed E-state index contributed by atoms with van der Waals surface area (Å²) in [6.45, 7) is 4.36. The maximum absolute atomic E-state index is 10.8. The van der Waals surface area contributed by atoms with Gasteiger partial charge in [0, 0.05) is 12.1 Å². The minimum Gasteiger partial charge on any atom is -0.481 e. The molecule has 0 unspecified atom stereocenters. The quantitative estimate of drug-likeness (QED) is 0.373. The molecule has 132 valence electrons. The van der Waals surface area contributed by atoms with Crippen LogP contribution in [0.15, 0.2) is 54.1 Å². The standard InChI is InChI=1S/C9H10O4.C8H12N2.HI/c1-9(8(12)13)4-2-3-6(5-9)7(10)11;1-2-10(9)8-6-4-3-5-7-8;/h2-4H,5H2,1H3,(H,10,11)(H,12,13);3-7H,2,9H2,1H3;1H/t9-;;/m1../s1. The SMILES string of the molecule is CCN(N)c1ccccc1.C[C@@]1(C(=O)O)C=CC=C(C(=O)O)C1.I. The van der Waals surface area contributed by atoms with Crippen LogP contribution in [0.1, 0.15) is 20.3 Å². The molecule has 0 radical (unpaired) electrons. The molecule has 0 amide bonds. The molecule has 1 aliphatic carbocycles. The van der Waals surface area contributed by atoms with E-state index >= 15 is 0 Å².